The molecule has 0 radical (unpaired) electrons. The molecule has 1 aromatic carbocycles. The number of nitrogens with zero attached hydrogens (tertiary/aromatic N) is 2. The standard InChI is InChI=1S/C18H27F3N4O3S/c1-22-17(24-12-16(13-26)15-5-3-2-4-6-15)23-11-14-7-9-25(10-8-14)29(27,28)18(19,20)21/h2-6,14,16,26H,7-13H2,1H3,(H2,22,23,24). The number of rotatable bonds is 7. The molecule has 7 nitrogen and oxygen atoms in total. The van der Waals surface area contributed by atoms with E-state index in [9.17, 15) is 26.7 Å². The van der Waals surface area contributed by atoms with Crippen LogP contribution in [0.25, 0.3) is 0 Å². The number of aliphatic imine (C=N–C) groups is 1. The number of guanidine groups is 1. The molecule has 1 aliphatic heterocycles. The Labute approximate surface area is 169 Å². The Balaban J connectivity index is 1.79. The van der Waals surface area contributed by atoms with E-state index < -0.39 is 15.5 Å². The molecule has 1 saturated heterocycles. The molecule has 0 bridgehead atoms. The second-order valence-corrected chi connectivity index (χ2v) is 8.85. The van der Waals surface area contributed by atoms with Gasteiger partial charge in [-0.2, -0.15) is 17.5 Å². The van der Waals surface area contributed by atoms with Crippen LogP contribution in [0.2, 0.25) is 0 Å². The zero-order chi connectivity index (χ0) is 21.5. The molecule has 0 aliphatic carbocycles. The summed E-state index contributed by atoms with van der Waals surface area (Å²) in [5.41, 5.74) is -4.26. The molecule has 1 heterocycles. The Bertz CT molecular complexity index is 764. The lowest BCUT2D eigenvalue weighted by Gasteiger charge is -2.31. The van der Waals surface area contributed by atoms with Crippen LogP contribution >= 0.6 is 0 Å². The first-order valence-corrected chi connectivity index (χ1v) is 10.8. The van der Waals surface area contributed by atoms with Gasteiger partial charge in [-0.1, -0.05) is 30.3 Å². The fourth-order valence-corrected chi connectivity index (χ4v) is 4.18. The zero-order valence-corrected chi connectivity index (χ0v) is 17.0. The van der Waals surface area contributed by atoms with E-state index in [4.69, 9.17) is 0 Å². The average Bonchev–Trinajstić information content (AvgIpc) is 2.71. The maximum absolute atomic E-state index is 12.6. The van der Waals surface area contributed by atoms with E-state index in [0.29, 0.717) is 36.2 Å². The van der Waals surface area contributed by atoms with Crippen LogP contribution in [-0.2, 0) is 10.0 Å². The van der Waals surface area contributed by atoms with Crippen molar-refractivity contribution in [2.45, 2.75) is 24.3 Å². The first-order chi connectivity index (χ1) is 13.7. The summed E-state index contributed by atoms with van der Waals surface area (Å²) in [5.74, 6) is 0.450. The summed E-state index contributed by atoms with van der Waals surface area (Å²) in [6.45, 7) is 0.596. The highest BCUT2D eigenvalue weighted by Crippen LogP contribution is 2.30. The number of aliphatic hydroxyl groups excluding tert-OH is 1. The number of alkyl halides is 3. The molecule has 1 atom stereocenters. The van der Waals surface area contributed by atoms with Gasteiger partial charge in [-0.05, 0) is 24.3 Å². The summed E-state index contributed by atoms with van der Waals surface area (Å²) >= 11 is 0. The number of halogens is 3. The fraction of sp³-hybridized carbons (Fsp3) is 0.611. The third kappa shape index (κ3) is 6.31. The van der Waals surface area contributed by atoms with Crippen molar-refractivity contribution in [3.8, 4) is 0 Å². The molecule has 1 fully saturated rings. The Kier molecular flexibility index (Phi) is 8.29. The second-order valence-electron chi connectivity index (χ2n) is 6.92. The highest BCUT2D eigenvalue weighted by atomic mass is 32.2. The van der Waals surface area contributed by atoms with Crippen LogP contribution in [0.3, 0.4) is 0 Å². The first kappa shape index (κ1) is 23.4. The summed E-state index contributed by atoms with van der Waals surface area (Å²) < 4.78 is 61.3. The molecule has 0 amide bonds. The van der Waals surface area contributed by atoms with Gasteiger partial charge in [0.2, 0.25) is 0 Å². The summed E-state index contributed by atoms with van der Waals surface area (Å²) in [5, 5.41) is 15.9. The van der Waals surface area contributed by atoms with Crippen molar-refractivity contribution in [3.05, 3.63) is 35.9 Å². The quantitative estimate of drug-likeness (QED) is 0.445. The molecule has 0 spiro atoms. The van der Waals surface area contributed by atoms with Crippen LogP contribution in [0.5, 0.6) is 0 Å². The molecule has 164 valence electrons. The van der Waals surface area contributed by atoms with Crippen LogP contribution in [0.4, 0.5) is 13.2 Å². The minimum atomic E-state index is -5.26. The van der Waals surface area contributed by atoms with E-state index in [-0.39, 0.29) is 31.5 Å². The lowest BCUT2D eigenvalue weighted by Crippen LogP contribution is -2.47. The zero-order valence-electron chi connectivity index (χ0n) is 16.2. The Morgan fingerprint density at radius 2 is 1.86 bits per heavy atom. The number of aliphatic hydroxyl groups is 1. The number of sulfonamides is 1. The monoisotopic (exact) mass is 436 g/mol. The van der Waals surface area contributed by atoms with Crippen molar-refractivity contribution in [1.82, 2.24) is 14.9 Å². The van der Waals surface area contributed by atoms with Crippen molar-refractivity contribution in [2.24, 2.45) is 10.9 Å². The molecule has 11 heteroatoms. The summed E-state index contributed by atoms with van der Waals surface area (Å²) in [7, 11) is -3.65. The van der Waals surface area contributed by atoms with Crippen LogP contribution in [0, 0.1) is 5.92 Å². The second kappa shape index (κ2) is 10.3. The summed E-state index contributed by atoms with van der Waals surface area (Å²) in [6.07, 6.45) is 0.672. The van der Waals surface area contributed by atoms with Crippen molar-refractivity contribution in [2.75, 3.05) is 39.8 Å². The van der Waals surface area contributed by atoms with Crippen molar-refractivity contribution < 1.29 is 26.7 Å². The number of hydrogen-bond donors (Lipinski definition) is 3. The molecule has 3 N–H and O–H groups in total. The van der Waals surface area contributed by atoms with E-state index in [0.717, 1.165) is 5.56 Å². The van der Waals surface area contributed by atoms with Gasteiger partial charge in [0.15, 0.2) is 5.96 Å². The third-order valence-corrected chi connectivity index (χ3v) is 6.62. The van der Waals surface area contributed by atoms with Crippen LogP contribution in [0.15, 0.2) is 35.3 Å². The topological polar surface area (TPSA) is 94.0 Å². The minimum Gasteiger partial charge on any atom is -0.396 e. The van der Waals surface area contributed by atoms with Gasteiger partial charge >= 0.3 is 15.5 Å². The largest absolute Gasteiger partial charge is 0.511 e. The lowest BCUT2D eigenvalue weighted by atomic mass is 9.98. The van der Waals surface area contributed by atoms with E-state index in [1.54, 1.807) is 7.05 Å². The summed E-state index contributed by atoms with van der Waals surface area (Å²) in [6, 6.07) is 9.56. The Morgan fingerprint density at radius 1 is 1.24 bits per heavy atom. The molecule has 1 aliphatic rings. The molecular weight excluding hydrogens is 409 g/mol. The van der Waals surface area contributed by atoms with Crippen molar-refractivity contribution >= 4 is 16.0 Å². The number of nitrogens with one attached hydrogen (secondary N) is 2. The molecule has 29 heavy (non-hydrogen) atoms. The number of piperidine rings is 1. The predicted octanol–water partition coefficient (Wildman–Crippen LogP) is 1.49. The minimum absolute atomic E-state index is 0.0276. The Morgan fingerprint density at radius 3 is 2.38 bits per heavy atom. The van der Waals surface area contributed by atoms with Gasteiger partial charge in [0.05, 0.1) is 6.61 Å². The van der Waals surface area contributed by atoms with Crippen molar-refractivity contribution in [3.63, 3.8) is 0 Å². The number of hydrogen-bond acceptors (Lipinski definition) is 4. The molecule has 1 aromatic rings. The van der Waals surface area contributed by atoms with Gasteiger partial charge in [0, 0.05) is 39.1 Å². The van der Waals surface area contributed by atoms with Gasteiger partial charge in [0.1, 0.15) is 0 Å². The van der Waals surface area contributed by atoms with E-state index in [1.165, 1.54) is 0 Å². The van der Waals surface area contributed by atoms with Crippen molar-refractivity contribution in [1.29, 1.82) is 0 Å². The molecule has 2 rings (SSSR count). The average molecular weight is 437 g/mol. The van der Waals surface area contributed by atoms with Crippen LogP contribution < -0.4 is 10.6 Å². The van der Waals surface area contributed by atoms with Gasteiger partial charge < -0.3 is 15.7 Å². The molecule has 0 aromatic heterocycles. The fourth-order valence-electron chi connectivity index (χ4n) is 3.19. The van der Waals surface area contributed by atoms with E-state index >= 15 is 0 Å². The normalized spacial score (nSPS) is 18.4. The van der Waals surface area contributed by atoms with E-state index in [1.807, 2.05) is 30.3 Å². The molecule has 0 saturated carbocycles. The van der Waals surface area contributed by atoms with E-state index in [2.05, 4.69) is 15.6 Å². The smallest absolute Gasteiger partial charge is 0.396 e. The Hall–Kier alpha value is -1.85. The third-order valence-electron chi connectivity index (χ3n) is 4.99. The lowest BCUT2D eigenvalue weighted by molar-refractivity contribution is -0.0496. The SMILES string of the molecule is CN=C(NCC1CCN(S(=O)(=O)C(F)(F)F)CC1)NCC(CO)c1ccccc1. The van der Waals surface area contributed by atoms with Gasteiger partial charge in [-0.3, -0.25) is 4.99 Å². The maximum atomic E-state index is 12.6. The highest BCUT2D eigenvalue weighted by molar-refractivity contribution is 7.90. The maximum Gasteiger partial charge on any atom is 0.511 e. The predicted molar refractivity (Wildman–Crippen MR) is 105 cm³/mol. The highest BCUT2D eigenvalue weighted by Gasteiger charge is 2.50. The number of benzene rings is 1. The summed E-state index contributed by atoms with van der Waals surface area (Å²) in [4.78, 5) is 4.12. The van der Waals surface area contributed by atoms with Gasteiger partial charge in [0.25, 0.3) is 0 Å². The van der Waals surface area contributed by atoms with Gasteiger partial charge in [-0.25, -0.2) is 8.42 Å². The van der Waals surface area contributed by atoms with Gasteiger partial charge in [-0.15, -0.1) is 0 Å². The first-order valence-electron chi connectivity index (χ1n) is 9.35. The molecular formula is C18H27F3N4O3S. The molecule has 1 unspecified atom stereocenters. The van der Waals surface area contributed by atoms with Crippen LogP contribution in [-0.4, -0.2) is 69.1 Å². The van der Waals surface area contributed by atoms with Crippen LogP contribution in [0.1, 0.15) is 24.3 Å².